The van der Waals surface area contributed by atoms with Crippen molar-refractivity contribution in [2.24, 2.45) is 11.7 Å². The molecule has 1 aromatic rings. The standard InChI is InChI=1S/C17H24ClN3O3.ClH/c1-12(24-15-7-3-2-6-14(15)18)17(23)21-10-4-5-13(11-21)16(22)20-9-8-19;/h2-3,6-7,12-13H,4-5,8-11,19H2,1H3,(H,20,22);1H. The van der Waals surface area contributed by atoms with Gasteiger partial charge in [0.2, 0.25) is 5.91 Å². The van der Waals surface area contributed by atoms with Crippen LogP contribution in [0.4, 0.5) is 0 Å². The molecule has 1 saturated heterocycles. The van der Waals surface area contributed by atoms with Crippen molar-refractivity contribution in [3.05, 3.63) is 29.3 Å². The molecule has 3 N–H and O–H groups in total. The number of carbonyl (C=O) groups excluding carboxylic acids is 2. The maximum atomic E-state index is 12.6. The first-order chi connectivity index (χ1) is 11.5. The number of hydrogen-bond donors (Lipinski definition) is 2. The molecule has 0 aromatic heterocycles. The fourth-order valence-electron chi connectivity index (χ4n) is 2.77. The minimum Gasteiger partial charge on any atom is -0.479 e. The minimum absolute atomic E-state index is 0. The summed E-state index contributed by atoms with van der Waals surface area (Å²) in [6.07, 6.45) is 0.918. The number of para-hydroxylation sites is 1. The SMILES string of the molecule is CC(Oc1ccccc1Cl)C(=O)N1CCCC(C(=O)NCCN)C1.Cl. The number of likely N-dealkylation sites (tertiary alicyclic amines) is 1. The molecule has 1 heterocycles. The van der Waals surface area contributed by atoms with Crippen LogP contribution in [0.2, 0.25) is 5.02 Å². The number of ether oxygens (including phenoxy) is 1. The summed E-state index contributed by atoms with van der Waals surface area (Å²) in [4.78, 5) is 26.4. The molecule has 0 radical (unpaired) electrons. The monoisotopic (exact) mass is 389 g/mol. The lowest BCUT2D eigenvalue weighted by Gasteiger charge is -2.33. The van der Waals surface area contributed by atoms with Gasteiger partial charge in [-0.25, -0.2) is 0 Å². The van der Waals surface area contributed by atoms with E-state index >= 15 is 0 Å². The molecular weight excluding hydrogens is 365 g/mol. The Hall–Kier alpha value is -1.50. The lowest BCUT2D eigenvalue weighted by Crippen LogP contribution is -2.49. The molecule has 1 aliphatic rings. The molecule has 2 rings (SSSR count). The number of benzene rings is 1. The highest BCUT2D eigenvalue weighted by atomic mass is 35.5. The molecule has 2 unspecified atom stereocenters. The third kappa shape index (κ3) is 6.06. The average Bonchev–Trinajstić information content (AvgIpc) is 2.61. The Bertz CT molecular complexity index is 586. The van der Waals surface area contributed by atoms with Crippen molar-refractivity contribution >= 4 is 35.8 Å². The third-order valence-corrected chi connectivity index (χ3v) is 4.35. The smallest absolute Gasteiger partial charge is 0.263 e. The number of amides is 2. The van der Waals surface area contributed by atoms with Gasteiger partial charge >= 0.3 is 0 Å². The Balaban J connectivity index is 0.00000312. The predicted octanol–water partition coefficient (Wildman–Crippen LogP) is 1.84. The van der Waals surface area contributed by atoms with Gasteiger partial charge in [0.05, 0.1) is 10.9 Å². The number of hydrogen-bond acceptors (Lipinski definition) is 4. The quantitative estimate of drug-likeness (QED) is 0.777. The van der Waals surface area contributed by atoms with E-state index in [0.717, 1.165) is 12.8 Å². The van der Waals surface area contributed by atoms with E-state index in [1.165, 1.54) is 0 Å². The summed E-state index contributed by atoms with van der Waals surface area (Å²) in [6.45, 7) is 3.60. The Kier molecular flexibility index (Phi) is 9.03. The van der Waals surface area contributed by atoms with Crippen molar-refractivity contribution in [3.8, 4) is 5.75 Å². The molecular formula is C17H25Cl2N3O3. The molecule has 1 fully saturated rings. The first kappa shape index (κ1) is 21.5. The van der Waals surface area contributed by atoms with Crippen LogP contribution in [-0.2, 0) is 9.59 Å². The van der Waals surface area contributed by atoms with Crippen LogP contribution in [-0.4, -0.2) is 49.0 Å². The van der Waals surface area contributed by atoms with Crippen molar-refractivity contribution in [2.45, 2.75) is 25.9 Å². The van der Waals surface area contributed by atoms with E-state index < -0.39 is 6.10 Å². The lowest BCUT2D eigenvalue weighted by atomic mass is 9.96. The summed E-state index contributed by atoms with van der Waals surface area (Å²) in [5.74, 6) is 0.111. The third-order valence-electron chi connectivity index (χ3n) is 4.04. The summed E-state index contributed by atoms with van der Waals surface area (Å²) >= 11 is 6.06. The molecule has 1 aliphatic heterocycles. The highest BCUT2D eigenvalue weighted by Gasteiger charge is 2.31. The molecule has 2 amide bonds. The van der Waals surface area contributed by atoms with Crippen LogP contribution in [0.5, 0.6) is 5.75 Å². The first-order valence-electron chi connectivity index (χ1n) is 8.20. The van der Waals surface area contributed by atoms with Gasteiger partial charge in [0.1, 0.15) is 5.75 Å². The van der Waals surface area contributed by atoms with Crippen LogP contribution >= 0.6 is 24.0 Å². The van der Waals surface area contributed by atoms with Crippen molar-refractivity contribution in [1.82, 2.24) is 10.2 Å². The van der Waals surface area contributed by atoms with Crippen LogP contribution in [0.25, 0.3) is 0 Å². The topological polar surface area (TPSA) is 84.7 Å². The summed E-state index contributed by atoms with van der Waals surface area (Å²) in [7, 11) is 0. The molecule has 0 spiro atoms. The number of piperidine rings is 1. The van der Waals surface area contributed by atoms with E-state index in [4.69, 9.17) is 22.1 Å². The van der Waals surface area contributed by atoms with E-state index in [1.54, 1.807) is 36.1 Å². The number of nitrogens with zero attached hydrogens (tertiary/aromatic N) is 1. The highest BCUT2D eigenvalue weighted by molar-refractivity contribution is 6.32. The van der Waals surface area contributed by atoms with Crippen LogP contribution in [0.1, 0.15) is 19.8 Å². The van der Waals surface area contributed by atoms with E-state index in [0.29, 0.717) is 37.0 Å². The number of nitrogens with two attached hydrogens (primary N) is 1. The maximum Gasteiger partial charge on any atom is 0.263 e. The summed E-state index contributed by atoms with van der Waals surface area (Å²) in [5.41, 5.74) is 5.40. The van der Waals surface area contributed by atoms with Crippen LogP contribution in [0, 0.1) is 5.92 Å². The summed E-state index contributed by atoms with van der Waals surface area (Å²) < 4.78 is 5.68. The molecule has 8 heteroatoms. The van der Waals surface area contributed by atoms with Crippen molar-refractivity contribution in [1.29, 1.82) is 0 Å². The van der Waals surface area contributed by atoms with Crippen LogP contribution in [0.15, 0.2) is 24.3 Å². The van der Waals surface area contributed by atoms with Gasteiger partial charge in [0.25, 0.3) is 5.91 Å². The maximum absolute atomic E-state index is 12.6. The fourth-order valence-corrected chi connectivity index (χ4v) is 2.95. The number of carbonyl (C=O) groups is 2. The van der Waals surface area contributed by atoms with Gasteiger partial charge in [-0.15, -0.1) is 12.4 Å². The molecule has 140 valence electrons. The number of nitrogens with one attached hydrogen (secondary N) is 1. The number of rotatable bonds is 6. The van der Waals surface area contributed by atoms with Crippen LogP contribution in [0.3, 0.4) is 0 Å². The molecule has 0 saturated carbocycles. The van der Waals surface area contributed by atoms with Crippen molar-refractivity contribution < 1.29 is 14.3 Å². The number of halogens is 2. The molecule has 0 aliphatic carbocycles. The molecule has 0 bridgehead atoms. The Labute approximate surface area is 159 Å². The van der Waals surface area contributed by atoms with Gasteiger partial charge in [-0.2, -0.15) is 0 Å². The van der Waals surface area contributed by atoms with Gasteiger partial charge in [0, 0.05) is 26.2 Å². The second-order valence-corrected chi connectivity index (χ2v) is 6.30. The zero-order chi connectivity index (χ0) is 17.5. The highest BCUT2D eigenvalue weighted by Crippen LogP contribution is 2.25. The Morgan fingerprint density at radius 3 is 2.84 bits per heavy atom. The van der Waals surface area contributed by atoms with Crippen molar-refractivity contribution in [2.75, 3.05) is 26.2 Å². The average molecular weight is 390 g/mol. The van der Waals surface area contributed by atoms with Crippen LogP contribution < -0.4 is 15.8 Å². The van der Waals surface area contributed by atoms with Gasteiger partial charge in [-0.3, -0.25) is 9.59 Å². The van der Waals surface area contributed by atoms with E-state index in [9.17, 15) is 9.59 Å². The zero-order valence-corrected chi connectivity index (χ0v) is 15.8. The molecule has 6 nitrogen and oxygen atoms in total. The van der Waals surface area contributed by atoms with E-state index in [2.05, 4.69) is 5.32 Å². The zero-order valence-electron chi connectivity index (χ0n) is 14.2. The first-order valence-corrected chi connectivity index (χ1v) is 8.58. The van der Waals surface area contributed by atoms with Gasteiger partial charge < -0.3 is 20.7 Å². The minimum atomic E-state index is -0.657. The molecule has 1 aromatic carbocycles. The van der Waals surface area contributed by atoms with Crippen molar-refractivity contribution in [3.63, 3.8) is 0 Å². The van der Waals surface area contributed by atoms with E-state index in [-0.39, 0.29) is 30.1 Å². The Morgan fingerprint density at radius 1 is 1.44 bits per heavy atom. The summed E-state index contributed by atoms with van der Waals surface area (Å²) in [5, 5.41) is 3.25. The Morgan fingerprint density at radius 2 is 2.16 bits per heavy atom. The van der Waals surface area contributed by atoms with Gasteiger partial charge in [-0.05, 0) is 31.9 Å². The normalized spacial score (nSPS) is 18.0. The second-order valence-electron chi connectivity index (χ2n) is 5.89. The lowest BCUT2D eigenvalue weighted by molar-refractivity contribution is -0.141. The molecule has 25 heavy (non-hydrogen) atoms. The second kappa shape index (κ2) is 10.5. The largest absolute Gasteiger partial charge is 0.479 e. The predicted molar refractivity (Wildman–Crippen MR) is 100 cm³/mol. The van der Waals surface area contributed by atoms with Gasteiger partial charge in [0.15, 0.2) is 6.10 Å². The summed E-state index contributed by atoms with van der Waals surface area (Å²) in [6, 6.07) is 7.05. The molecule has 2 atom stereocenters. The fraction of sp³-hybridized carbons (Fsp3) is 0.529. The van der Waals surface area contributed by atoms with Gasteiger partial charge in [-0.1, -0.05) is 23.7 Å². The van der Waals surface area contributed by atoms with E-state index in [1.807, 2.05) is 0 Å².